The van der Waals surface area contributed by atoms with Crippen LogP contribution in [0, 0.1) is 11.8 Å². The minimum atomic E-state index is -1.37. The summed E-state index contributed by atoms with van der Waals surface area (Å²) in [6.07, 6.45) is 8.62. The Bertz CT molecular complexity index is 1600. The number of carboxylic acid groups (broad SMARTS) is 1. The zero-order valence-corrected chi connectivity index (χ0v) is 26.3. The summed E-state index contributed by atoms with van der Waals surface area (Å²) in [6, 6.07) is 14.6. The van der Waals surface area contributed by atoms with Crippen molar-refractivity contribution in [3.8, 4) is 0 Å². The standard InChI is InChI=1S/C36H44N4O6.CH4/c1-36(20-25-21-37-28-12-5-4-10-26(25)28,40-35(45)46-30-16-13-22-7-6-9-24(30)19-22)34(44)38-29-15-14-23-8-2-3-11-27(23)33(29)39-31(41)17-18-32(42)43;/h2-5,8,10-12,21-22,24,29-30,33,37H,6-7,9,13-20H2,1H3,(H,38,44)(H,39,41)(H,40,45)(H,42,43);1H4. The Balaban J connectivity index is 0.00000433. The molecule has 2 bridgehead atoms. The number of alkyl carbamates (subject to hydrolysis) is 1. The van der Waals surface area contributed by atoms with Gasteiger partial charge in [0, 0.05) is 29.9 Å². The molecular weight excluding hydrogens is 596 g/mol. The number of aromatic amines is 1. The maximum absolute atomic E-state index is 14.4. The first-order valence-corrected chi connectivity index (χ1v) is 16.6. The number of carbonyl (C=O) groups excluding carboxylic acids is 3. The van der Waals surface area contributed by atoms with Crippen molar-refractivity contribution in [1.29, 1.82) is 0 Å². The quantitative estimate of drug-likeness (QED) is 0.184. The zero-order chi connectivity index (χ0) is 32.3. The van der Waals surface area contributed by atoms with Crippen molar-refractivity contribution in [2.24, 2.45) is 11.8 Å². The van der Waals surface area contributed by atoms with E-state index >= 15 is 0 Å². The molecule has 3 amide bonds. The van der Waals surface area contributed by atoms with E-state index in [9.17, 15) is 19.2 Å². The Morgan fingerprint density at radius 1 is 0.957 bits per heavy atom. The molecule has 10 heteroatoms. The number of benzene rings is 2. The summed E-state index contributed by atoms with van der Waals surface area (Å²) in [5, 5.41) is 19.2. The number of amides is 3. The number of nitrogens with one attached hydrogen (secondary N) is 4. The molecule has 2 saturated carbocycles. The Morgan fingerprint density at radius 2 is 1.74 bits per heavy atom. The minimum Gasteiger partial charge on any atom is -0.481 e. The molecule has 3 aliphatic carbocycles. The van der Waals surface area contributed by atoms with E-state index in [1.165, 1.54) is 6.42 Å². The molecule has 0 saturated heterocycles. The fourth-order valence-electron chi connectivity index (χ4n) is 7.84. The molecule has 2 fully saturated rings. The van der Waals surface area contributed by atoms with Gasteiger partial charge in [0.25, 0.3) is 0 Å². The monoisotopic (exact) mass is 644 g/mol. The van der Waals surface area contributed by atoms with Gasteiger partial charge in [0.15, 0.2) is 0 Å². The fourth-order valence-corrected chi connectivity index (χ4v) is 7.84. The minimum absolute atomic E-state index is 0. The summed E-state index contributed by atoms with van der Waals surface area (Å²) in [5.74, 6) is -0.751. The lowest BCUT2D eigenvalue weighted by molar-refractivity contribution is -0.139. The highest BCUT2D eigenvalue weighted by Crippen LogP contribution is 2.41. The van der Waals surface area contributed by atoms with Crippen molar-refractivity contribution >= 4 is 34.8 Å². The van der Waals surface area contributed by atoms with Crippen LogP contribution in [-0.2, 0) is 32.0 Å². The van der Waals surface area contributed by atoms with Gasteiger partial charge in [-0.05, 0) is 80.0 Å². The third kappa shape index (κ3) is 7.80. The summed E-state index contributed by atoms with van der Waals surface area (Å²) in [5.41, 5.74) is 2.40. The van der Waals surface area contributed by atoms with Crippen LogP contribution in [0.3, 0.4) is 0 Å². The SMILES string of the molecule is C.CC(Cc1c[nH]c2ccccc12)(NC(=O)OC1CCC2CCCC1C2)C(=O)NC1CCc2ccccc2C1NC(=O)CCC(=O)O. The number of rotatable bonds is 10. The molecule has 0 radical (unpaired) electrons. The van der Waals surface area contributed by atoms with Gasteiger partial charge in [-0.3, -0.25) is 14.4 Å². The van der Waals surface area contributed by atoms with Gasteiger partial charge in [0.2, 0.25) is 11.8 Å². The highest BCUT2D eigenvalue weighted by atomic mass is 16.6. The molecule has 5 N–H and O–H groups in total. The molecule has 0 spiro atoms. The van der Waals surface area contributed by atoms with Crippen molar-refractivity contribution in [3.05, 3.63) is 71.4 Å². The predicted octanol–water partition coefficient (Wildman–Crippen LogP) is 5.95. The van der Waals surface area contributed by atoms with E-state index in [0.29, 0.717) is 18.8 Å². The lowest BCUT2D eigenvalue weighted by atomic mass is 9.71. The van der Waals surface area contributed by atoms with Crippen LogP contribution in [0.5, 0.6) is 0 Å². The number of para-hydroxylation sites is 1. The highest BCUT2D eigenvalue weighted by Gasteiger charge is 2.42. The lowest BCUT2D eigenvalue weighted by Crippen LogP contribution is -2.62. The van der Waals surface area contributed by atoms with E-state index in [1.54, 1.807) is 6.92 Å². The van der Waals surface area contributed by atoms with Gasteiger partial charge in [-0.25, -0.2) is 4.79 Å². The van der Waals surface area contributed by atoms with Gasteiger partial charge in [0.05, 0.1) is 18.5 Å². The molecular formula is C37H48N4O6. The Labute approximate surface area is 276 Å². The van der Waals surface area contributed by atoms with Crippen LogP contribution in [0.15, 0.2) is 54.7 Å². The van der Waals surface area contributed by atoms with E-state index in [-0.39, 0.29) is 38.7 Å². The Morgan fingerprint density at radius 3 is 2.57 bits per heavy atom. The molecule has 6 unspecified atom stereocenters. The normalized spacial score (nSPS) is 24.5. The summed E-state index contributed by atoms with van der Waals surface area (Å²) >= 11 is 0. The third-order valence-corrected chi connectivity index (χ3v) is 10.3. The molecule has 1 aromatic heterocycles. The van der Waals surface area contributed by atoms with Crippen molar-refractivity contribution in [1.82, 2.24) is 20.9 Å². The fraction of sp³-hybridized carbons (Fsp3) is 0.514. The van der Waals surface area contributed by atoms with Crippen LogP contribution in [0.25, 0.3) is 10.9 Å². The smallest absolute Gasteiger partial charge is 0.408 e. The number of aryl methyl sites for hydroxylation is 1. The molecule has 6 atom stereocenters. The van der Waals surface area contributed by atoms with Crippen molar-refractivity contribution in [2.75, 3.05) is 0 Å². The van der Waals surface area contributed by atoms with Gasteiger partial charge in [0.1, 0.15) is 11.6 Å². The number of H-pyrrole nitrogens is 1. The first kappa shape index (κ1) is 34.0. The summed E-state index contributed by atoms with van der Waals surface area (Å²) in [6.45, 7) is 1.72. The number of ether oxygens (including phenoxy) is 1. The van der Waals surface area contributed by atoms with Gasteiger partial charge in [-0.2, -0.15) is 0 Å². The summed E-state index contributed by atoms with van der Waals surface area (Å²) < 4.78 is 6.04. The first-order valence-electron chi connectivity index (χ1n) is 16.6. The second-order valence-corrected chi connectivity index (χ2v) is 13.6. The number of fused-ring (bicyclic) bond motifs is 4. The van der Waals surface area contributed by atoms with Crippen LogP contribution in [0.1, 0.15) is 94.9 Å². The molecule has 0 aliphatic heterocycles. The van der Waals surface area contributed by atoms with Crippen LogP contribution < -0.4 is 16.0 Å². The molecule has 252 valence electrons. The average Bonchev–Trinajstić information content (AvgIpc) is 3.44. The van der Waals surface area contributed by atoms with E-state index in [1.807, 2.05) is 54.7 Å². The van der Waals surface area contributed by atoms with E-state index in [2.05, 4.69) is 20.9 Å². The van der Waals surface area contributed by atoms with Gasteiger partial charge < -0.3 is 30.8 Å². The zero-order valence-electron chi connectivity index (χ0n) is 26.3. The number of aliphatic carboxylic acids is 1. The van der Waals surface area contributed by atoms with Crippen LogP contribution in [-0.4, -0.2) is 51.7 Å². The van der Waals surface area contributed by atoms with E-state index in [0.717, 1.165) is 65.6 Å². The summed E-state index contributed by atoms with van der Waals surface area (Å²) in [7, 11) is 0. The second-order valence-electron chi connectivity index (χ2n) is 13.6. The molecule has 2 aromatic carbocycles. The first-order chi connectivity index (χ1) is 22.2. The number of aromatic nitrogens is 1. The largest absolute Gasteiger partial charge is 0.481 e. The number of hydrogen-bond acceptors (Lipinski definition) is 5. The van der Waals surface area contributed by atoms with Crippen molar-refractivity contribution in [3.63, 3.8) is 0 Å². The third-order valence-electron chi connectivity index (χ3n) is 10.3. The molecule has 3 aliphatic rings. The molecule has 10 nitrogen and oxygen atoms in total. The van der Waals surface area contributed by atoms with Gasteiger partial charge in [-0.15, -0.1) is 0 Å². The Kier molecular flexibility index (Phi) is 10.6. The number of carbonyl (C=O) groups is 4. The van der Waals surface area contributed by atoms with Gasteiger partial charge in [-0.1, -0.05) is 62.7 Å². The van der Waals surface area contributed by atoms with Crippen LogP contribution in [0.2, 0.25) is 0 Å². The second kappa shape index (κ2) is 14.6. The number of hydrogen-bond donors (Lipinski definition) is 5. The maximum Gasteiger partial charge on any atom is 0.408 e. The lowest BCUT2D eigenvalue weighted by Gasteiger charge is -2.40. The highest BCUT2D eigenvalue weighted by molar-refractivity contribution is 5.92. The van der Waals surface area contributed by atoms with E-state index < -0.39 is 35.6 Å². The molecule has 1 heterocycles. The van der Waals surface area contributed by atoms with Gasteiger partial charge >= 0.3 is 12.1 Å². The molecule has 3 aromatic rings. The topological polar surface area (TPSA) is 150 Å². The maximum atomic E-state index is 14.4. The van der Waals surface area contributed by atoms with E-state index in [4.69, 9.17) is 9.84 Å². The van der Waals surface area contributed by atoms with Crippen molar-refractivity contribution in [2.45, 2.75) is 109 Å². The summed E-state index contributed by atoms with van der Waals surface area (Å²) in [4.78, 5) is 55.1. The number of carboxylic acids is 1. The molecule has 6 rings (SSSR count). The van der Waals surface area contributed by atoms with Crippen LogP contribution in [0.4, 0.5) is 4.79 Å². The predicted molar refractivity (Wildman–Crippen MR) is 180 cm³/mol. The molecule has 47 heavy (non-hydrogen) atoms. The average molecular weight is 645 g/mol. The van der Waals surface area contributed by atoms with Crippen molar-refractivity contribution < 1.29 is 29.0 Å². The van der Waals surface area contributed by atoms with Crippen LogP contribution >= 0.6 is 0 Å². The Hall–Kier alpha value is -4.34.